The van der Waals surface area contributed by atoms with Gasteiger partial charge in [-0.15, -0.1) is 0 Å². The molecule has 5 heteroatoms. The van der Waals surface area contributed by atoms with Gasteiger partial charge in [0.1, 0.15) is 5.60 Å². The molecule has 2 N–H and O–H groups in total. The second-order valence-corrected chi connectivity index (χ2v) is 7.10. The van der Waals surface area contributed by atoms with Gasteiger partial charge in [-0.3, -0.25) is 0 Å². The smallest absolute Gasteiger partial charge is 0.407 e. The molecule has 1 heterocycles. The van der Waals surface area contributed by atoms with Gasteiger partial charge in [-0.2, -0.15) is 0 Å². The Morgan fingerprint density at radius 2 is 1.96 bits per heavy atom. The van der Waals surface area contributed by atoms with E-state index in [1.807, 2.05) is 39.0 Å². The normalized spacial score (nSPS) is 16.3. The number of hydrogen-bond acceptors (Lipinski definition) is 4. The fourth-order valence-corrected chi connectivity index (χ4v) is 2.81. The van der Waals surface area contributed by atoms with E-state index in [9.17, 15) is 9.90 Å². The summed E-state index contributed by atoms with van der Waals surface area (Å²) in [5.74, 6) is 0.415. The first-order chi connectivity index (χ1) is 10.9. The number of hydrogen-bond donors (Lipinski definition) is 2. The first-order valence-corrected chi connectivity index (χ1v) is 8.29. The summed E-state index contributed by atoms with van der Waals surface area (Å²) in [6.45, 7) is 8.16. The molecule has 0 bridgehead atoms. The zero-order valence-electron chi connectivity index (χ0n) is 14.3. The third-order valence-corrected chi connectivity index (χ3v) is 4.03. The largest absolute Gasteiger partial charge is 0.444 e. The van der Waals surface area contributed by atoms with Crippen LogP contribution in [0.25, 0.3) is 0 Å². The molecule has 0 aliphatic carbocycles. The quantitative estimate of drug-likeness (QED) is 0.895. The Kier molecular flexibility index (Phi) is 5.88. The molecule has 23 heavy (non-hydrogen) atoms. The monoisotopic (exact) mass is 320 g/mol. The van der Waals surface area contributed by atoms with Gasteiger partial charge in [-0.1, -0.05) is 18.2 Å². The second kappa shape index (κ2) is 7.68. The third kappa shape index (κ3) is 5.43. The van der Waals surface area contributed by atoms with Crippen molar-refractivity contribution in [1.29, 1.82) is 0 Å². The van der Waals surface area contributed by atoms with Crippen LogP contribution < -0.4 is 10.2 Å². The van der Waals surface area contributed by atoms with Crippen LogP contribution in [-0.4, -0.2) is 36.5 Å². The number of rotatable bonds is 4. The predicted molar refractivity (Wildman–Crippen MR) is 91.5 cm³/mol. The number of nitrogens with one attached hydrogen (secondary N) is 1. The maximum atomic E-state index is 11.8. The lowest BCUT2D eigenvalue weighted by molar-refractivity contribution is 0.0523. The molecule has 0 radical (unpaired) electrons. The highest BCUT2D eigenvalue weighted by Gasteiger charge is 2.21. The summed E-state index contributed by atoms with van der Waals surface area (Å²) in [6, 6.07) is 8.12. The first kappa shape index (κ1) is 17.6. The van der Waals surface area contributed by atoms with Crippen molar-refractivity contribution in [2.24, 2.45) is 5.92 Å². The van der Waals surface area contributed by atoms with Crippen molar-refractivity contribution in [2.75, 3.05) is 24.6 Å². The molecule has 1 aromatic rings. The summed E-state index contributed by atoms with van der Waals surface area (Å²) < 4.78 is 5.28. The number of para-hydroxylation sites is 1. The molecule has 0 spiro atoms. The summed E-state index contributed by atoms with van der Waals surface area (Å²) in [5.41, 5.74) is 1.75. The number of benzene rings is 1. The van der Waals surface area contributed by atoms with Crippen LogP contribution in [0.15, 0.2) is 24.3 Å². The molecular formula is C18H28N2O3. The molecule has 1 aliphatic heterocycles. The minimum absolute atomic E-state index is 0.273. The van der Waals surface area contributed by atoms with E-state index in [-0.39, 0.29) is 6.61 Å². The van der Waals surface area contributed by atoms with E-state index in [0.717, 1.165) is 37.2 Å². The molecule has 1 aromatic carbocycles. The SMILES string of the molecule is CC(C)(C)OC(=O)NCc1ccccc1N1CCC(CO)CC1. The lowest BCUT2D eigenvalue weighted by Gasteiger charge is -2.34. The van der Waals surface area contributed by atoms with Crippen molar-refractivity contribution in [3.05, 3.63) is 29.8 Å². The highest BCUT2D eigenvalue weighted by Crippen LogP contribution is 2.26. The number of aliphatic hydroxyl groups excluding tert-OH is 1. The molecule has 5 nitrogen and oxygen atoms in total. The topological polar surface area (TPSA) is 61.8 Å². The van der Waals surface area contributed by atoms with Crippen molar-refractivity contribution in [2.45, 2.75) is 45.8 Å². The fourth-order valence-electron chi connectivity index (χ4n) is 2.81. The fraction of sp³-hybridized carbons (Fsp3) is 0.611. The van der Waals surface area contributed by atoms with E-state index in [2.05, 4.69) is 16.3 Å². The van der Waals surface area contributed by atoms with Gasteiger partial charge in [-0.05, 0) is 51.2 Å². The van der Waals surface area contributed by atoms with Crippen LogP contribution in [0.2, 0.25) is 0 Å². The Bertz CT molecular complexity index is 517. The number of ether oxygens (including phenoxy) is 1. The highest BCUT2D eigenvalue weighted by atomic mass is 16.6. The maximum Gasteiger partial charge on any atom is 0.407 e. The first-order valence-electron chi connectivity index (χ1n) is 8.29. The Morgan fingerprint density at radius 3 is 2.57 bits per heavy atom. The van der Waals surface area contributed by atoms with Crippen molar-refractivity contribution in [3.8, 4) is 0 Å². The van der Waals surface area contributed by atoms with Crippen LogP contribution in [-0.2, 0) is 11.3 Å². The number of carbonyl (C=O) groups excluding carboxylic acids is 1. The van der Waals surface area contributed by atoms with Gasteiger partial charge in [0, 0.05) is 31.9 Å². The molecule has 1 fully saturated rings. The van der Waals surface area contributed by atoms with Crippen LogP contribution in [0.3, 0.4) is 0 Å². The van der Waals surface area contributed by atoms with E-state index in [1.165, 1.54) is 0 Å². The highest BCUT2D eigenvalue weighted by molar-refractivity contribution is 5.68. The number of nitrogens with zero attached hydrogens (tertiary/aromatic N) is 1. The molecule has 0 saturated carbocycles. The van der Waals surface area contributed by atoms with Crippen molar-refractivity contribution in [3.63, 3.8) is 0 Å². The van der Waals surface area contributed by atoms with Crippen LogP contribution in [0.1, 0.15) is 39.2 Å². The lowest BCUT2D eigenvalue weighted by Crippen LogP contribution is -2.36. The van der Waals surface area contributed by atoms with Gasteiger partial charge >= 0.3 is 6.09 Å². The van der Waals surface area contributed by atoms with Crippen LogP contribution in [0.4, 0.5) is 10.5 Å². The number of carbonyl (C=O) groups is 1. The van der Waals surface area contributed by atoms with E-state index >= 15 is 0 Å². The predicted octanol–water partition coefficient (Wildman–Crippen LogP) is 2.92. The molecular weight excluding hydrogens is 292 g/mol. The van der Waals surface area contributed by atoms with Gasteiger partial charge in [-0.25, -0.2) is 4.79 Å². The lowest BCUT2D eigenvalue weighted by atomic mass is 9.97. The summed E-state index contributed by atoms with van der Waals surface area (Å²) in [6.07, 6.45) is 1.61. The van der Waals surface area contributed by atoms with E-state index in [4.69, 9.17) is 4.74 Å². The van der Waals surface area contributed by atoms with Crippen molar-refractivity contribution in [1.82, 2.24) is 5.32 Å². The zero-order chi connectivity index (χ0) is 16.9. The van der Waals surface area contributed by atoms with E-state index in [1.54, 1.807) is 0 Å². The molecule has 1 aliphatic rings. The van der Waals surface area contributed by atoms with Crippen LogP contribution >= 0.6 is 0 Å². The minimum atomic E-state index is -0.490. The number of amides is 1. The molecule has 0 aromatic heterocycles. The molecule has 2 rings (SSSR count). The van der Waals surface area contributed by atoms with Gasteiger partial charge in [0.05, 0.1) is 0 Å². The maximum absolute atomic E-state index is 11.8. The van der Waals surface area contributed by atoms with E-state index < -0.39 is 11.7 Å². The summed E-state index contributed by atoms with van der Waals surface area (Å²) in [4.78, 5) is 14.2. The number of anilines is 1. The summed E-state index contributed by atoms with van der Waals surface area (Å²) in [7, 11) is 0. The molecule has 0 unspecified atom stereocenters. The number of piperidine rings is 1. The number of aliphatic hydroxyl groups is 1. The van der Waals surface area contributed by atoms with Crippen LogP contribution in [0.5, 0.6) is 0 Å². The third-order valence-electron chi connectivity index (χ3n) is 4.03. The standard InChI is InChI=1S/C18H28N2O3/c1-18(2,3)23-17(22)19-12-15-6-4-5-7-16(15)20-10-8-14(13-21)9-11-20/h4-7,14,21H,8-13H2,1-3H3,(H,19,22). The zero-order valence-corrected chi connectivity index (χ0v) is 14.3. The Morgan fingerprint density at radius 1 is 1.30 bits per heavy atom. The molecule has 1 amide bonds. The van der Waals surface area contributed by atoms with Gasteiger partial charge in [0.2, 0.25) is 0 Å². The summed E-state index contributed by atoms with van der Waals surface area (Å²) in [5, 5.41) is 12.1. The molecule has 0 atom stereocenters. The van der Waals surface area contributed by atoms with Gasteiger partial charge in [0.25, 0.3) is 0 Å². The molecule has 128 valence electrons. The average Bonchev–Trinajstić information content (AvgIpc) is 2.52. The minimum Gasteiger partial charge on any atom is -0.444 e. The summed E-state index contributed by atoms with van der Waals surface area (Å²) >= 11 is 0. The Balaban J connectivity index is 1.97. The van der Waals surface area contributed by atoms with Crippen molar-refractivity contribution < 1.29 is 14.6 Å². The van der Waals surface area contributed by atoms with Crippen molar-refractivity contribution >= 4 is 11.8 Å². The second-order valence-electron chi connectivity index (χ2n) is 7.10. The van der Waals surface area contributed by atoms with Gasteiger partial charge < -0.3 is 20.1 Å². The van der Waals surface area contributed by atoms with E-state index in [0.29, 0.717) is 12.5 Å². The molecule has 1 saturated heterocycles. The number of alkyl carbamates (subject to hydrolysis) is 1. The van der Waals surface area contributed by atoms with Gasteiger partial charge in [0.15, 0.2) is 0 Å². The van der Waals surface area contributed by atoms with Crippen LogP contribution in [0, 0.1) is 5.92 Å². The Labute approximate surface area is 138 Å². The Hall–Kier alpha value is -1.75. The average molecular weight is 320 g/mol.